The Balaban J connectivity index is 2.79. The van der Waals surface area contributed by atoms with E-state index in [0.29, 0.717) is 18.9 Å². The molecule has 0 aromatic carbocycles. The van der Waals surface area contributed by atoms with Gasteiger partial charge >= 0.3 is 0 Å². The summed E-state index contributed by atoms with van der Waals surface area (Å²) in [5.41, 5.74) is 2.31. The molecule has 0 aliphatic carbocycles. The molecule has 1 rings (SSSR count). The van der Waals surface area contributed by atoms with Gasteiger partial charge in [0.15, 0.2) is 5.96 Å². The summed E-state index contributed by atoms with van der Waals surface area (Å²) in [5, 5.41) is 7.84. The maximum atomic E-state index is 11.7. The molecule has 0 atom stereocenters. The zero-order chi connectivity index (χ0) is 18.3. The van der Waals surface area contributed by atoms with Gasteiger partial charge in [0.05, 0.1) is 12.2 Å². The van der Waals surface area contributed by atoms with E-state index in [2.05, 4.69) is 40.4 Å². The lowest BCUT2D eigenvalue weighted by Gasteiger charge is -2.22. The third kappa shape index (κ3) is 5.86. The van der Waals surface area contributed by atoms with Crippen molar-refractivity contribution in [2.24, 2.45) is 12.0 Å². The molecule has 24 heavy (non-hydrogen) atoms. The molecule has 0 aliphatic rings. The molecule has 1 N–H and O–H groups in total. The van der Waals surface area contributed by atoms with Gasteiger partial charge < -0.3 is 15.1 Å². The number of aromatic nitrogens is 2. The van der Waals surface area contributed by atoms with Crippen molar-refractivity contribution < 1.29 is 4.79 Å². The fourth-order valence-corrected chi connectivity index (χ4v) is 2.44. The van der Waals surface area contributed by atoms with Crippen LogP contribution < -0.4 is 5.32 Å². The molecule has 0 saturated heterocycles. The largest absolute Gasteiger partial charge is 0.357 e. The predicted molar refractivity (Wildman–Crippen MR) is 98.1 cm³/mol. The van der Waals surface area contributed by atoms with Crippen LogP contribution in [0.3, 0.4) is 0 Å². The van der Waals surface area contributed by atoms with Gasteiger partial charge in [0.25, 0.3) is 0 Å². The third-order valence-corrected chi connectivity index (χ3v) is 3.67. The Morgan fingerprint density at radius 1 is 1.38 bits per heavy atom. The van der Waals surface area contributed by atoms with Gasteiger partial charge in [-0.15, -0.1) is 0 Å². The van der Waals surface area contributed by atoms with Crippen molar-refractivity contribution in [3.8, 4) is 0 Å². The van der Waals surface area contributed by atoms with Gasteiger partial charge in [-0.05, 0) is 12.8 Å². The average molecular weight is 336 g/mol. The minimum atomic E-state index is 0.0894. The number of nitrogens with zero attached hydrogens (tertiary/aromatic N) is 5. The second-order valence-corrected chi connectivity index (χ2v) is 6.50. The number of carbonyl (C=O) groups is 1. The highest BCUT2D eigenvalue weighted by molar-refractivity contribution is 5.80. The molecule has 1 amide bonds. The molecule has 136 valence electrons. The summed E-state index contributed by atoms with van der Waals surface area (Å²) in [6, 6.07) is 0. The quantitative estimate of drug-likeness (QED) is 0.604. The Bertz CT molecular complexity index is 561. The van der Waals surface area contributed by atoms with Crippen LogP contribution >= 0.6 is 0 Å². The molecule has 7 nitrogen and oxygen atoms in total. The summed E-state index contributed by atoms with van der Waals surface area (Å²) in [6.07, 6.45) is 2.48. The van der Waals surface area contributed by atoms with Crippen LogP contribution in [-0.4, -0.2) is 65.7 Å². The van der Waals surface area contributed by atoms with E-state index in [1.54, 1.807) is 19.0 Å². The second-order valence-electron chi connectivity index (χ2n) is 6.50. The molecule has 0 unspecified atom stereocenters. The predicted octanol–water partition coefficient (Wildman–Crippen LogP) is 1.42. The summed E-state index contributed by atoms with van der Waals surface area (Å²) in [4.78, 5) is 19.9. The Morgan fingerprint density at radius 2 is 2.04 bits per heavy atom. The van der Waals surface area contributed by atoms with Crippen LogP contribution in [-0.2, 0) is 18.4 Å². The highest BCUT2D eigenvalue weighted by atomic mass is 16.2. The Hall–Kier alpha value is -2.05. The number of amides is 1. The lowest BCUT2D eigenvalue weighted by atomic mass is 10.1. The molecule has 1 aromatic rings. The van der Waals surface area contributed by atoms with Gasteiger partial charge in [-0.3, -0.25) is 14.5 Å². The van der Waals surface area contributed by atoms with Crippen LogP contribution in [0.1, 0.15) is 44.4 Å². The summed E-state index contributed by atoms with van der Waals surface area (Å²) >= 11 is 0. The fraction of sp³-hybridized carbons (Fsp3) is 0.706. The van der Waals surface area contributed by atoms with Crippen molar-refractivity contribution in [1.82, 2.24) is 24.9 Å². The lowest BCUT2D eigenvalue weighted by Crippen LogP contribution is -2.38. The molecular weight excluding hydrogens is 304 g/mol. The number of hydrogen-bond acceptors (Lipinski definition) is 3. The number of carbonyl (C=O) groups excluding carboxylic acids is 1. The molecule has 0 fully saturated rings. The molecule has 7 heteroatoms. The monoisotopic (exact) mass is 336 g/mol. The normalized spacial score (nSPS) is 11.8. The lowest BCUT2D eigenvalue weighted by molar-refractivity contribution is -0.128. The SMILES string of the molecule is CCNC(=NCCC(=O)N(C)C)N(C)Cc1cn(C)nc1C(C)C. The smallest absolute Gasteiger partial charge is 0.223 e. The first-order valence-corrected chi connectivity index (χ1v) is 8.48. The van der Waals surface area contributed by atoms with E-state index in [-0.39, 0.29) is 5.91 Å². The van der Waals surface area contributed by atoms with Gasteiger partial charge in [-0.1, -0.05) is 13.8 Å². The van der Waals surface area contributed by atoms with Crippen LogP contribution in [0, 0.1) is 0 Å². The summed E-state index contributed by atoms with van der Waals surface area (Å²) in [6.45, 7) is 8.34. The van der Waals surface area contributed by atoms with Gasteiger partial charge in [-0.25, -0.2) is 0 Å². The van der Waals surface area contributed by atoms with Gasteiger partial charge in [0, 0.05) is 59.5 Å². The summed E-state index contributed by atoms with van der Waals surface area (Å²) < 4.78 is 1.86. The molecule has 0 spiro atoms. The van der Waals surface area contributed by atoms with Crippen LogP contribution in [0.15, 0.2) is 11.2 Å². The first kappa shape index (κ1) is 20.0. The molecule has 0 radical (unpaired) electrons. The highest BCUT2D eigenvalue weighted by Gasteiger charge is 2.15. The molecule has 1 heterocycles. The van der Waals surface area contributed by atoms with E-state index in [1.165, 1.54) is 5.56 Å². The number of nitrogens with one attached hydrogen (secondary N) is 1. The van der Waals surface area contributed by atoms with E-state index in [4.69, 9.17) is 0 Å². The summed E-state index contributed by atoms with van der Waals surface area (Å²) in [5.74, 6) is 1.28. The minimum absolute atomic E-state index is 0.0894. The molecule has 0 saturated carbocycles. The van der Waals surface area contributed by atoms with E-state index >= 15 is 0 Å². The van der Waals surface area contributed by atoms with E-state index < -0.39 is 0 Å². The molecule has 0 aliphatic heterocycles. The van der Waals surface area contributed by atoms with Crippen molar-refractivity contribution in [3.63, 3.8) is 0 Å². The van der Waals surface area contributed by atoms with Gasteiger partial charge in [0.2, 0.25) is 5.91 Å². The number of aliphatic imine (C=N–C) groups is 1. The van der Waals surface area contributed by atoms with Crippen LogP contribution in [0.4, 0.5) is 0 Å². The number of aryl methyl sites for hydroxylation is 1. The Labute approximate surface area is 145 Å². The van der Waals surface area contributed by atoms with Gasteiger partial charge in [0.1, 0.15) is 0 Å². The van der Waals surface area contributed by atoms with E-state index in [1.807, 2.05) is 25.7 Å². The molecular formula is C17H32N6O. The van der Waals surface area contributed by atoms with Crippen molar-refractivity contribution in [1.29, 1.82) is 0 Å². The molecule has 1 aromatic heterocycles. The van der Waals surface area contributed by atoms with Crippen LogP contribution in [0.25, 0.3) is 0 Å². The highest BCUT2D eigenvalue weighted by Crippen LogP contribution is 2.18. The topological polar surface area (TPSA) is 65.8 Å². The number of guanidine groups is 1. The van der Waals surface area contributed by atoms with E-state index in [9.17, 15) is 4.79 Å². The minimum Gasteiger partial charge on any atom is -0.357 e. The van der Waals surface area contributed by atoms with E-state index in [0.717, 1.165) is 24.7 Å². The first-order valence-electron chi connectivity index (χ1n) is 8.48. The van der Waals surface area contributed by atoms with Crippen molar-refractivity contribution in [2.75, 3.05) is 34.2 Å². The number of hydrogen-bond donors (Lipinski definition) is 1. The molecule has 0 bridgehead atoms. The summed E-state index contributed by atoms with van der Waals surface area (Å²) in [7, 11) is 7.48. The fourth-order valence-electron chi connectivity index (χ4n) is 2.44. The third-order valence-electron chi connectivity index (χ3n) is 3.67. The maximum absolute atomic E-state index is 11.7. The Kier molecular flexibility index (Phi) is 7.74. The Morgan fingerprint density at radius 3 is 2.58 bits per heavy atom. The van der Waals surface area contributed by atoms with Gasteiger partial charge in [-0.2, -0.15) is 5.10 Å². The zero-order valence-corrected chi connectivity index (χ0v) is 16.1. The van der Waals surface area contributed by atoms with Crippen molar-refractivity contribution in [3.05, 3.63) is 17.5 Å². The standard InChI is InChI=1S/C17H32N6O/c1-8-18-17(19-10-9-15(24)21(4)5)22(6)11-14-12-23(7)20-16(14)13(2)3/h12-13H,8-11H2,1-7H3,(H,18,19). The maximum Gasteiger partial charge on any atom is 0.223 e. The number of rotatable bonds is 7. The first-order chi connectivity index (χ1) is 11.3. The zero-order valence-electron chi connectivity index (χ0n) is 16.1. The average Bonchev–Trinajstić information content (AvgIpc) is 2.86. The second kappa shape index (κ2) is 9.30. The van der Waals surface area contributed by atoms with Crippen molar-refractivity contribution in [2.45, 2.75) is 39.7 Å². The van der Waals surface area contributed by atoms with Crippen LogP contribution in [0.5, 0.6) is 0 Å². The van der Waals surface area contributed by atoms with Crippen molar-refractivity contribution >= 4 is 11.9 Å². The van der Waals surface area contributed by atoms with Crippen LogP contribution in [0.2, 0.25) is 0 Å².